The Morgan fingerprint density at radius 2 is 1.85 bits per heavy atom. The summed E-state index contributed by atoms with van der Waals surface area (Å²) < 4.78 is 12.8. The number of hydrogen-bond donors (Lipinski definition) is 2. The van der Waals surface area contributed by atoms with E-state index in [0.717, 1.165) is 50.9 Å². The summed E-state index contributed by atoms with van der Waals surface area (Å²) in [6.45, 7) is 4.39. The summed E-state index contributed by atoms with van der Waals surface area (Å²) in [6, 6.07) is 14.6. The second kappa shape index (κ2) is 14.0. The number of aromatic nitrogens is 2. The molecule has 218 valence electrons. The molecule has 10 heteroatoms. The van der Waals surface area contributed by atoms with Gasteiger partial charge in [-0.15, -0.1) is 0 Å². The summed E-state index contributed by atoms with van der Waals surface area (Å²) in [7, 11) is 0. The summed E-state index contributed by atoms with van der Waals surface area (Å²) >= 11 is 1.27. The lowest BCUT2D eigenvalue weighted by molar-refractivity contribution is -0.126. The number of rotatable bonds is 11. The molecule has 1 aliphatic heterocycles. The van der Waals surface area contributed by atoms with Gasteiger partial charge in [-0.1, -0.05) is 23.9 Å². The zero-order valence-corrected chi connectivity index (χ0v) is 24.3. The minimum atomic E-state index is -0.178. The van der Waals surface area contributed by atoms with Gasteiger partial charge < -0.3 is 20.1 Å². The third-order valence-corrected chi connectivity index (χ3v) is 8.77. The maximum Gasteiger partial charge on any atom is 0.262 e. The van der Waals surface area contributed by atoms with Crippen LogP contribution in [0.1, 0.15) is 45.4 Å². The van der Waals surface area contributed by atoms with Gasteiger partial charge in [-0.05, 0) is 87.8 Å². The van der Waals surface area contributed by atoms with Gasteiger partial charge in [0, 0.05) is 31.3 Å². The first-order valence-electron chi connectivity index (χ1n) is 14.5. The molecule has 0 radical (unpaired) electrons. The van der Waals surface area contributed by atoms with Crippen LogP contribution in [0.5, 0.6) is 5.75 Å². The number of carbonyl (C=O) groups excluding carboxylic acids is 2. The van der Waals surface area contributed by atoms with Crippen molar-refractivity contribution < 1.29 is 19.1 Å². The number of ether oxygens (including phenoxy) is 2. The van der Waals surface area contributed by atoms with E-state index in [1.165, 1.54) is 11.8 Å². The first-order chi connectivity index (χ1) is 20.0. The molecule has 3 aromatic rings. The summed E-state index contributed by atoms with van der Waals surface area (Å²) in [5.74, 6) is 1.06. The van der Waals surface area contributed by atoms with Crippen molar-refractivity contribution in [2.45, 2.75) is 63.3 Å². The lowest BCUT2D eigenvalue weighted by Crippen LogP contribution is -2.38. The monoisotopic (exact) mass is 578 g/mol. The molecule has 0 spiro atoms. The maximum absolute atomic E-state index is 13.5. The van der Waals surface area contributed by atoms with Crippen LogP contribution in [0.15, 0.2) is 58.5 Å². The second-order valence-electron chi connectivity index (χ2n) is 10.7. The Morgan fingerprint density at radius 3 is 2.59 bits per heavy atom. The first-order valence-corrected chi connectivity index (χ1v) is 15.5. The van der Waals surface area contributed by atoms with Crippen LogP contribution >= 0.6 is 11.8 Å². The van der Waals surface area contributed by atoms with Crippen molar-refractivity contribution in [1.29, 1.82) is 0 Å². The lowest BCUT2D eigenvalue weighted by atomic mass is 9.81. The number of benzene rings is 2. The van der Waals surface area contributed by atoms with E-state index in [9.17, 15) is 14.4 Å². The molecule has 5 rings (SSSR count). The van der Waals surface area contributed by atoms with Crippen LogP contribution in [0.4, 0.5) is 5.69 Å². The molecule has 2 heterocycles. The quantitative estimate of drug-likeness (QED) is 0.252. The highest BCUT2D eigenvalue weighted by Crippen LogP contribution is 2.31. The van der Waals surface area contributed by atoms with Crippen LogP contribution in [-0.2, 0) is 20.9 Å². The molecular weight excluding hydrogens is 540 g/mol. The van der Waals surface area contributed by atoms with Gasteiger partial charge in [0.15, 0.2) is 5.16 Å². The predicted molar refractivity (Wildman–Crippen MR) is 160 cm³/mol. The van der Waals surface area contributed by atoms with E-state index in [1.54, 1.807) is 22.8 Å². The summed E-state index contributed by atoms with van der Waals surface area (Å²) in [5, 5.41) is 7.08. The molecule has 1 atom stereocenters. The molecule has 2 aliphatic rings. The Kier molecular flexibility index (Phi) is 9.95. The normalized spacial score (nSPS) is 20.6. The van der Waals surface area contributed by atoms with E-state index in [1.807, 2.05) is 37.3 Å². The van der Waals surface area contributed by atoms with Crippen LogP contribution in [0.25, 0.3) is 10.9 Å². The highest BCUT2D eigenvalue weighted by Gasteiger charge is 2.28. The maximum atomic E-state index is 13.5. The van der Waals surface area contributed by atoms with Gasteiger partial charge in [0.2, 0.25) is 11.8 Å². The molecule has 0 unspecified atom stereocenters. The Balaban J connectivity index is 1.21. The lowest BCUT2D eigenvalue weighted by Gasteiger charge is -2.29. The van der Waals surface area contributed by atoms with Crippen molar-refractivity contribution in [3.8, 4) is 5.75 Å². The third kappa shape index (κ3) is 7.68. The molecule has 1 saturated heterocycles. The number of thioether (sulfide) groups is 1. The average Bonchev–Trinajstić information content (AvgIpc) is 3.52. The smallest absolute Gasteiger partial charge is 0.262 e. The number of anilines is 1. The number of para-hydroxylation sites is 1. The van der Waals surface area contributed by atoms with E-state index >= 15 is 0 Å². The van der Waals surface area contributed by atoms with Crippen molar-refractivity contribution in [1.82, 2.24) is 14.9 Å². The zero-order valence-electron chi connectivity index (χ0n) is 23.5. The van der Waals surface area contributed by atoms with Gasteiger partial charge in [0.05, 0.1) is 29.4 Å². The third-order valence-electron chi connectivity index (χ3n) is 7.79. The van der Waals surface area contributed by atoms with Gasteiger partial charge in [-0.2, -0.15) is 0 Å². The van der Waals surface area contributed by atoms with E-state index in [2.05, 4.69) is 10.6 Å². The van der Waals surface area contributed by atoms with Crippen LogP contribution in [0.3, 0.4) is 0 Å². The number of fused-ring (bicyclic) bond motifs is 1. The molecule has 1 aliphatic carbocycles. The fraction of sp³-hybridized carbons (Fsp3) is 0.484. The Morgan fingerprint density at radius 1 is 1.07 bits per heavy atom. The average molecular weight is 579 g/mol. The Labute approximate surface area is 244 Å². The van der Waals surface area contributed by atoms with Gasteiger partial charge in [0.25, 0.3) is 5.56 Å². The molecule has 41 heavy (non-hydrogen) atoms. The molecule has 1 saturated carbocycles. The molecular formula is C31H38N4O5S. The molecule has 2 aromatic carbocycles. The molecule has 0 bridgehead atoms. The van der Waals surface area contributed by atoms with Crippen molar-refractivity contribution in [2.75, 3.05) is 30.8 Å². The Hall–Kier alpha value is -3.37. The highest BCUT2D eigenvalue weighted by molar-refractivity contribution is 7.99. The van der Waals surface area contributed by atoms with E-state index < -0.39 is 0 Å². The van der Waals surface area contributed by atoms with Crippen LogP contribution < -0.4 is 20.9 Å². The molecule has 2 fully saturated rings. The van der Waals surface area contributed by atoms with E-state index in [4.69, 9.17) is 14.5 Å². The molecule has 9 nitrogen and oxygen atoms in total. The zero-order chi connectivity index (χ0) is 28.6. The van der Waals surface area contributed by atoms with Gasteiger partial charge in [-0.3, -0.25) is 19.0 Å². The first kappa shape index (κ1) is 29.1. The molecule has 2 N–H and O–H groups in total. The fourth-order valence-corrected chi connectivity index (χ4v) is 6.39. The van der Waals surface area contributed by atoms with Gasteiger partial charge in [0.1, 0.15) is 5.75 Å². The summed E-state index contributed by atoms with van der Waals surface area (Å²) in [4.78, 5) is 43.8. The van der Waals surface area contributed by atoms with Crippen LogP contribution in [0, 0.1) is 11.8 Å². The van der Waals surface area contributed by atoms with Crippen LogP contribution in [-0.4, -0.2) is 53.0 Å². The minimum Gasteiger partial charge on any atom is -0.494 e. The van der Waals surface area contributed by atoms with E-state index in [0.29, 0.717) is 41.4 Å². The molecule has 1 aromatic heterocycles. The second-order valence-corrected chi connectivity index (χ2v) is 11.7. The van der Waals surface area contributed by atoms with Gasteiger partial charge >= 0.3 is 0 Å². The SMILES string of the molecule is CCOc1ccc(NC(=O)CSc2nc3ccccc3c(=O)n2CC2CCC(C(=O)NC[C@H]3CCCO3)CC2)cc1. The largest absolute Gasteiger partial charge is 0.494 e. The minimum absolute atomic E-state index is 0.000698. The predicted octanol–water partition coefficient (Wildman–Crippen LogP) is 4.63. The topological polar surface area (TPSA) is 112 Å². The fourth-order valence-electron chi connectivity index (χ4n) is 5.58. The number of nitrogens with zero attached hydrogens (tertiary/aromatic N) is 2. The number of nitrogens with one attached hydrogen (secondary N) is 2. The van der Waals surface area contributed by atoms with E-state index in [-0.39, 0.29) is 41.1 Å². The Bertz CT molecular complexity index is 1400. The van der Waals surface area contributed by atoms with Gasteiger partial charge in [-0.25, -0.2) is 4.98 Å². The van der Waals surface area contributed by atoms with Crippen molar-refractivity contribution >= 4 is 40.2 Å². The summed E-state index contributed by atoms with van der Waals surface area (Å²) in [5.41, 5.74) is 1.20. The van der Waals surface area contributed by atoms with Crippen molar-refractivity contribution in [3.63, 3.8) is 0 Å². The van der Waals surface area contributed by atoms with Crippen molar-refractivity contribution in [2.24, 2.45) is 11.8 Å². The summed E-state index contributed by atoms with van der Waals surface area (Å²) in [6.07, 6.45) is 5.52. The highest BCUT2D eigenvalue weighted by atomic mass is 32.2. The standard InChI is InChI=1S/C31H38N4O5S/c1-2-39-24-15-13-23(14-16-24)33-28(36)20-41-31-34-27-8-4-3-7-26(27)30(38)35(31)19-21-9-11-22(12-10-21)29(37)32-18-25-6-5-17-40-25/h3-4,7-8,13-16,21-22,25H,2,5-6,9-12,17-20H2,1H3,(H,32,37)(H,33,36)/t21?,22?,25-/m1/s1. The number of hydrogen-bond acceptors (Lipinski definition) is 7. The molecule has 2 amide bonds. The number of carbonyl (C=O) groups is 2. The number of amides is 2. The van der Waals surface area contributed by atoms with Crippen molar-refractivity contribution in [3.05, 3.63) is 58.9 Å². The van der Waals surface area contributed by atoms with Crippen LogP contribution in [0.2, 0.25) is 0 Å².